The van der Waals surface area contributed by atoms with Crippen LogP contribution >= 0.6 is 11.8 Å². The molecule has 98 valence electrons. The van der Waals surface area contributed by atoms with Crippen molar-refractivity contribution in [1.82, 2.24) is 5.32 Å². The molecule has 3 nitrogen and oxygen atoms in total. The number of benzene rings is 1. The molecule has 1 aromatic carbocycles. The molecule has 18 heavy (non-hydrogen) atoms. The first-order valence-electron chi connectivity index (χ1n) is 6.18. The molecular formula is C14H20N2OS. The van der Waals surface area contributed by atoms with Crippen LogP contribution in [0.4, 0.5) is 0 Å². The monoisotopic (exact) mass is 264 g/mol. The van der Waals surface area contributed by atoms with Gasteiger partial charge in [0, 0.05) is 11.3 Å². The predicted octanol–water partition coefficient (Wildman–Crippen LogP) is 1.87. The molecule has 1 aromatic rings. The van der Waals surface area contributed by atoms with Gasteiger partial charge in [-0.05, 0) is 31.6 Å². The van der Waals surface area contributed by atoms with Crippen molar-refractivity contribution in [1.29, 1.82) is 0 Å². The van der Waals surface area contributed by atoms with Crippen molar-refractivity contribution in [2.24, 2.45) is 5.73 Å². The highest BCUT2D eigenvalue weighted by Crippen LogP contribution is 2.46. The van der Waals surface area contributed by atoms with Crippen LogP contribution in [0.1, 0.15) is 25.3 Å². The van der Waals surface area contributed by atoms with Crippen molar-refractivity contribution >= 4 is 17.7 Å². The normalized spacial score (nSPS) is 19.9. The summed E-state index contributed by atoms with van der Waals surface area (Å²) in [5, 5.41) is 2.99. The van der Waals surface area contributed by atoms with Crippen molar-refractivity contribution < 1.29 is 4.79 Å². The van der Waals surface area contributed by atoms with Crippen LogP contribution in [0.3, 0.4) is 0 Å². The summed E-state index contributed by atoms with van der Waals surface area (Å²) in [6.45, 7) is 2.48. The SMILES string of the molecule is CSC1(CNC(=O)C(C)(N)c2ccccc2)CC1. The number of amides is 1. The van der Waals surface area contributed by atoms with Crippen molar-refractivity contribution in [3.05, 3.63) is 35.9 Å². The topological polar surface area (TPSA) is 55.1 Å². The van der Waals surface area contributed by atoms with Gasteiger partial charge in [0.05, 0.1) is 0 Å². The molecule has 1 amide bonds. The largest absolute Gasteiger partial charge is 0.353 e. The number of carbonyl (C=O) groups is 1. The minimum atomic E-state index is -0.963. The van der Waals surface area contributed by atoms with E-state index in [0.717, 1.165) is 5.56 Å². The van der Waals surface area contributed by atoms with Gasteiger partial charge in [0.25, 0.3) is 0 Å². The van der Waals surface area contributed by atoms with Crippen LogP contribution < -0.4 is 11.1 Å². The van der Waals surface area contributed by atoms with E-state index >= 15 is 0 Å². The zero-order valence-corrected chi connectivity index (χ0v) is 11.7. The summed E-state index contributed by atoms with van der Waals surface area (Å²) in [6, 6.07) is 9.50. The molecule has 1 atom stereocenters. The van der Waals surface area contributed by atoms with Crippen LogP contribution in [0.2, 0.25) is 0 Å². The van der Waals surface area contributed by atoms with Crippen LogP contribution in [-0.4, -0.2) is 23.5 Å². The Labute approximate surface area is 113 Å². The Bertz CT molecular complexity index is 427. The van der Waals surface area contributed by atoms with Gasteiger partial charge in [0.15, 0.2) is 0 Å². The van der Waals surface area contributed by atoms with Gasteiger partial charge in [0.2, 0.25) is 5.91 Å². The maximum atomic E-state index is 12.2. The van der Waals surface area contributed by atoms with Gasteiger partial charge in [-0.2, -0.15) is 11.8 Å². The van der Waals surface area contributed by atoms with E-state index in [2.05, 4.69) is 11.6 Å². The highest BCUT2D eigenvalue weighted by atomic mass is 32.2. The summed E-state index contributed by atoms with van der Waals surface area (Å²) in [4.78, 5) is 12.2. The molecule has 1 fully saturated rings. The van der Waals surface area contributed by atoms with E-state index in [-0.39, 0.29) is 10.7 Å². The van der Waals surface area contributed by atoms with Gasteiger partial charge in [-0.25, -0.2) is 0 Å². The summed E-state index contributed by atoms with van der Waals surface area (Å²) < 4.78 is 0.266. The Morgan fingerprint density at radius 1 is 1.44 bits per heavy atom. The maximum Gasteiger partial charge on any atom is 0.244 e. The molecular weight excluding hydrogens is 244 g/mol. The lowest BCUT2D eigenvalue weighted by atomic mass is 9.92. The second-order valence-corrected chi connectivity index (χ2v) is 6.41. The van der Waals surface area contributed by atoms with E-state index in [0.29, 0.717) is 6.54 Å². The third-order valence-electron chi connectivity index (χ3n) is 3.66. The quantitative estimate of drug-likeness (QED) is 0.853. The second kappa shape index (κ2) is 4.94. The second-order valence-electron chi connectivity index (χ2n) is 5.14. The molecule has 2 rings (SSSR count). The number of thioether (sulfide) groups is 1. The molecule has 0 spiro atoms. The molecule has 4 heteroatoms. The zero-order chi connectivity index (χ0) is 13.2. The molecule has 0 bridgehead atoms. The minimum absolute atomic E-state index is 0.103. The van der Waals surface area contributed by atoms with Crippen LogP contribution in [0.5, 0.6) is 0 Å². The Morgan fingerprint density at radius 3 is 2.56 bits per heavy atom. The number of nitrogens with one attached hydrogen (secondary N) is 1. The first-order valence-corrected chi connectivity index (χ1v) is 7.40. The van der Waals surface area contributed by atoms with Crippen LogP contribution in [-0.2, 0) is 10.3 Å². The lowest BCUT2D eigenvalue weighted by Gasteiger charge is -2.25. The van der Waals surface area contributed by atoms with Crippen molar-refractivity contribution in [2.45, 2.75) is 30.1 Å². The summed E-state index contributed by atoms with van der Waals surface area (Å²) in [6.07, 6.45) is 4.46. The van der Waals surface area contributed by atoms with E-state index < -0.39 is 5.54 Å². The fourth-order valence-electron chi connectivity index (χ4n) is 1.93. The molecule has 3 N–H and O–H groups in total. The number of hydrogen-bond donors (Lipinski definition) is 2. The molecule has 1 aliphatic carbocycles. The smallest absolute Gasteiger partial charge is 0.244 e. The molecule has 1 aliphatic rings. The van der Waals surface area contributed by atoms with Crippen LogP contribution in [0.25, 0.3) is 0 Å². The number of hydrogen-bond acceptors (Lipinski definition) is 3. The third kappa shape index (κ3) is 2.70. The van der Waals surface area contributed by atoms with Crippen LogP contribution in [0.15, 0.2) is 30.3 Å². The van der Waals surface area contributed by atoms with Crippen molar-refractivity contribution in [2.75, 3.05) is 12.8 Å². The standard InChI is InChI=1S/C14H20N2OS/c1-13(15,11-6-4-3-5-7-11)12(17)16-10-14(18-2)8-9-14/h3-7H,8-10,15H2,1-2H3,(H,16,17). The van der Waals surface area contributed by atoms with Gasteiger partial charge in [-0.15, -0.1) is 0 Å². The van der Waals surface area contributed by atoms with E-state index in [1.165, 1.54) is 12.8 Å². The van der Waals surface area contributed by atoms with E-state index in [1.807, 2.05) is 42.1 Å². The first kappa shape index (κ1) is 13.4. The average Bonchev–Trinajstić information content (AvgIpc) is 3.17. The van der Waals surface area contributed by atoms with Gasteiger partial charge >= 0.3 is 0 Å². The molecule has 0 aromatic heterocycles. The van der Waals surface area contributed by atoms with Gasteiger partial charge in [0.1, 0.15) is 5.54 Å². The average molecular weight is 264 g/mol. The van der Waals surface area contributed by atoms with E-state index in [1.54, 1.807) is 6.92 Å². The Morgan fingerprint density at radius 2 is 2.06 bits per heavy atom. The van der Waals surface area contributed by atoms with E-state index in [4.69, 9.17) is 5.73 Å². The fraction of sp³-hybridized carbons (Fsp3) is 0.500. The van der Waals surface area contributed by atoms with Crippen molar-refractivity contribution in [3.63, 3.8) is 0 Å². The maximum absolute atomic E-state index is 12.2. The van der Waals surface area contributed by atoms with Crippen molar-refractivity contribution in [3.8, 4) is 0 Å². The summed E-state index contributed by atoms with van der Waals surface area (Å²) >= 11 is 1.83. The van der Waals surface area contributed by atoms with Gasteiger partial charge < -0.3 is 11.1 Å². The Balaban J connectivity index is 1.99. The van der Waals surface area contributed by atoms with Crippen LogP contribution in [0, 0.1) is 0 Å². The molecule has 1 unspecified atom stereocenters. The minimum Gasteiger partial charge on any atom is -0.353 e. The summed E-state index contributed by atoms with van der Waals surface area (Å²) in [5.41, 5.74) is 6.04. The van der Waals surface area contributed by atoms with Gasteiger partial charge in [-0.3, -0.25) is 4.79 Å². The zero-order valence-electron chi connectivity index (χ0n) is 10.9. The number of nitrogens with two attached hydrogens (primary N) is 1. The first-order chi connectivity index (χ1) is 8.50. The highest BCUT2D eigenvalue weighted by molar-refractivity contribution is 8.00. The predicted molar refractivity (Wildman–Crippen MR) is 76.5 cm³/mol. The molecule has 0 heterocycles. The summed E-state index contributed by atoms with van der Waals surface area (Å²) in [7, 11) is 0. The molecule has 1 saturated carbocycles. The lowest BCUT2D eigenvalue weighted by Crippen LogP contribution is -2.50. The Kier molecular flexibility index (Phi) is 3.69. The number of carbonyl (C=O) groups excluding carboxylic acids is 1. The molecule has 0 saturated heterocycles. The lowest BCUT2D eigenvalue weighted by molar-refractivity contribution is -0.126. The van der Waals surface area contributed by atoms with E-state index in [9.17, 15) is 4.79 Å². The highest BCUT2D eigenvalue weighted by Gasteiger charge is 2.43. The van der Waals surface area contributed by atoms with Gasteiger partial charge in [-0.1, -0.05) is 30.3 Å². The summed E-state index contributed by atoms with van der Waals surface area (Å²) in [5.74, 6) is -0.103. The molecule has 0 aliphatic heterocycles. The number of rotatable bonds is 5. The molecule has 0 radical (unpaired) electrons. The third-order valence-corrected chi connectivity index (χ3v) is 5.08. The fourth-order valence-corrected chi connectivity index (χ4v) is 2.66. The Hall–Kier alpha value is -1.00.